The van der Waals surface area contributed by atoms with Crippen LogP contribution in [0, 0.1) is 10.1 Å². The summed E-state index contributed by atoms with van der Waals surface area (Å²) in [5.74, 6) is -0.778. The predicted octanol–water partition coefficient (Wildman–Crippen LogP) is 2.80. The summed E-state index contributed by atoms with van der Waals surface area (Å²) in [4.78, 5) is 35.3. The van der Waals surface area contributed by atoms with Crippen LogP contribution in [-0.4, -0.2) is 44.2 Å². The maximum Gasteiger partial charge on any atom is 0.342 e. The number of carbonyl (C=O) groups is 2. The molecule has 0 aliphatic rings. The number of esters is 1. The number of carbonyl (C=O) groups excluding carboxylic acids is 2. The van der Waals surface area contributed by atoms with Gasteiger partial charge in [-0.2, -0.15) is 0 Å². The number of anilines is 1. The van der Waals surface area contributed by atoms with Crippen LogP contribution < -0.4 is 19.5 Å². The van der Waals surface area contributed by atoms with Gasteiger partial charge in [0, 0.05) is 18.2 Å². The minimum atomic E-state index is -1.24. The van der Waals surface area contributed by atoms with Crippen LogP contribution in [0.15, 0.2) is 36.4 Å². The number of nitro benzene ring substituents is 1. The van der Waals surface area contributed by atoms with Crippen molar-refractivity contribution in [1.82, 2.24) is 0 Å². The molecular formula is C19H20N2O8. The van der Waals surface area contributed by atoms with E-state index in [1.807, 2.05) is 0 Å². The van der Waals surface area contributed by atoms with Crippen molar-refractivity contribution in [1.29, 1.82) is 0 Å². The highest BCUT2D eigenvalue weighted by atomic mass is 16.6. The first-order valence-corrected chi connectivity index (χ1v) is 8.37. The molecule has 2 rings (SSSR count). The number of nitro groups is 1. The van der Waals surface area contributed by atoms with E-state index in [2.05, 4.69) is 5.32 Å². The number of hydrogen-bond acceptors (Lipinski definition) is 8. The van der Waals surface area contributed by atoms with E-state index in [0.717, 1.165) is 0 Å². The number of ether oxygens (including phenoxy) is 4. The van der Waals surface area contributed by atoms with Gasteiger partial charge in [0.2, 0.25) is 0 Å². The SMILES string of the molecule is COc1cc(OC)c(C(=O)O[C@H](C)C(=O)Nc2ccccc2[N+](=O)[O-])cc1OC. The van der Waals surface area contributed by atoms with E-state index >= 15 is 0 Å². The lowest BCUT2D eigenvalue weighted by atomic mass is 10.1. The van der Waals surface area contributed by atoms with E-state index in [4.69, 9.17) is 18.9 Å². The Balaban J connectivity index is 2.18. The molecule has 0 spiro atoms. The lowest BCUT2D eigenvalue weighted by Crippen LogP contribution is -2.30. The van der Waals surface area contributed by atoms with Gasteiger partial charge in [-0.1, -0.05) is 12.1 Å². The molecule has 1 atom stereocenters. The molecule has 1 amide bonds. The van der Waals surface area contributed by atoms with Crippen LogP contribution >= 0.6 is 0 Å². The van der Waals surface area contributed by atoms with Gasteiger partial charge in [0.1, 0.15) is 17.0 Å². The summed E-state index contributed by atoms with van der Waals surface area (Å²) >= 11 is 0. The van der Waals surface area contributed by atoms with E-state index in [1.165, 1.54) is 64.7 Å². The maximum atomic E-state index is 12.5. The molecule has 2 aromatic rings. The number of para-hydroxylation sites is 2. The van der Waals surface area contributed by atoms with Crippen LogP contribution in [0.3, 0.4) is 0 Å². The van der Waals surface area contributed by atoms with Gasteiger partial charge in [-0.05, 0) is 13.0 Å². The third-order valence-electron chi connectivity index (χ3n) is 3.94. The Morgan fingerprint density at radius 2 is 1.59 bits per heavy atom. The third kappa shape index (κ3) is 4.92. The molecule has 1 N–H and O–H groups in total. The van der Waals surface area contributed by atoms with Crippen molar-refractivity contribution < 1.29 is 33.5 Å². The van der Waals surface area contributed by atoms with Crippen molar-refractivity contribution >= 4 is 23.3 Å². The molecule has 2 aromatic carbocycles. The molecule has 10 heteroatoms. The van der Waals surface area contributed by atoms with Crippen molar-refractivity contribution in [3.63, 3.8) is 0 Å². The van der Waals surface area contributed by atoms with Crippen LogP contribution in [-0.2, 0) is 9.53 Å². The Morgan fingerprint density at radius 3 is 2.17 bits per heavy atom. The first-order chi connectivity index (χ1) is 13.8. The van der Waals surface area contributed by atoms with E-state index in [-0.39, 0.29) is 28.4 Å². The molecule has 154 valence electrons. The average molecular weight is 404 g/mol. The van der Waals surface area contributed by atoms with Gasteiger partial charge >= 0.3 is 5.97 Å². The van der Waals surface area contributed by atoms with E-state index in [1.54, 1.807) is 0 Å². The van der Waals surface area contributed by atoms with E-state index in [9.17, 15) is 19.7 Å². The topological polar surface area (TPSA) is 126 Å². The van der Waals surface area contributed by atoms with Crippen molar-refractivity contribution in [3.8, 4) is 17.2 Å². The second-order valence-electron chi connectivity index (χ2n) is 5.72. The van der Waals surface area contributed by atoms with E-state index in [0.29, 0.717) is 5.75 Å². The van der Waals surface area contributed by atoms with Gasteiger partial charge in [0.25, 0.3) is 11.6 Å². The number of hydrogen-bond donors (Lipinski definition) is 1. The average Bonchev–Trinajstić information content (AvgIpc) is 2.72. The Bertz CT molecular complexity index is 928. The lowest BCUT2D eigenvalue weighted by molar-refractivity contribution is -0.383. The highest BCUT2D eigenvalue weighted by molar-refractivity contribution is 5.99. The minimum absolute atomic E-state index is 0.00547. The molecule has 0 aliphatic heterocycles. The molecule has 0 bridgehead atoms. The zero-order valence-corrected chi connectivity index (χ0v) is 16.3. The normalized spacial score (nSPS) is 11.2. The zero-order chi connectivity index (χ0) is 21.6. The Morgan fingerprint density at radius 1 is 1.00 bits per heavy atom. The number of benzene rings is 2. The standard InChI is InChI=1S/C19H20N2O8/c1-11(18(22)20-13-7-5-6-8-14(13)21(24)25)29-19(23)12-9-16(27-3)17(28-4)10-15(12)26-2/h5-11H,1-4H3,(H,20,22)/t11-/m1/s1. The Hall–Kier alpha value is -3.82. The summed E-state index contributed by atoms with van der Waals surface area (Å²) in [6.07, 6.45) is -1.24. The van der Waals surface area contributed by atoms with Crippen molar-refractivity contribution in [3.05, 3.63) is 52.1 Å². The maximum absolute atomic E-state index is 12.5. The van der Waals surface area contributed by atoms with Crippen LogP contribution in [0.2, 0.25) is 0 Å². The Labute approximate surface area is 166 Å². The molecule has 0 saturated heterocycles. The number of amides is 1. The summed E-state index contributed by atoms with van der Waals surface area (Å²) in [6, 6.07) is 8.46. The highest BCUT2D eigenvalue weighted by Crippen LogP contribution is 2.35. The summed E-state index contributed by atoms with van der Waals surface area (Å²) in [5, 5.41) is 13.4. The quantitative estimate of drug-likeness (QED) is 0.404. The zero-order valence-electron chi connectivity index (χ0n) is 16.3. The first kappa shape index (κ1) is 21.5. The highest BCUT2D eigenvalue weighted by Gasteiger charge is 2.25. The molecule has 0 saturated carbocycles. The van der Waals surface area contributed by atoms with Gasteiger partial charge in [-0.3, -0.25) is 14.9 Å². The summed E-state index contributed by atoms with van der Waals surface area (Å²) in [7, 11) is 4.20. The summed E-state index contributed by atoms with van der Waals surface area (Å²) < 4.78 is 20.7. The molecule has 0 heterocycles. The van der Waals surface area contributed by atoms with Crippen LogP contribution in [0.4, 0.5) is 11.4 Å². The molecule has 29 heavy (non-hydrogen) atoms. The van der Waals surface area contributed by atoms with Crippen LogP contribution in [0.25, 0.3) is 0 Å². The van der Waals surface area contributed by atoms with E-state index < -0.39 is 22.9 Å². The second-order valence-corrected chi connectivity index (χ2v) is 5.72. The van der Waals surface area contributed by atoms with Gasteiger partial charge in [0.05, 0.1) is 26.3 Å². The van der Waals surface area contributed by atoms with Gasteiger partial charge in [0.15, 0.2) is 17.6 Å². The molecule has 0 unspecified atom stereocenters. The molecule has 0 aliphatic carbocycles. The molecule has 0 radical (unpaired) electrons. The fraction of sp³-hybridized carbons (Fsp3) is 0.263. The summed E-state index contributed by atoms with van der Waals surface area (Å²) in [6.45, 7) is 1.34. The Kier molecular flexibility index (Phi) is 6.96. The molecular weight excluding hydrogens is 384 g/mol. The molecule has 0 aromatic heterocycles. The van der Waals surface area contributed by atoms with Crippen molar-refractivity contribution in [2.24, 2.45) is 0 Å². The van der Waals surface area contributed by atoms with Gasteiger partial charge in [-0.25, -0.2) is 4.79 Å². The molecule has 0 fully saturated rings. The number of nitrogens with one attached hydrogen (secondary N) is 1. The number of methoxy groups -OCH3 is 3. The smallest absolute Gasteiger partial charge is 0.342 e. The second kappa shape index (κ2) is 9.40. The molecule has 10 nitrogen and oxygen atoms in total. The fourth-order valence-corrected chi connectivity index (χ4v) is 2.44. The number of rotatable bonds is 8. The van der Waals surface area contributed by atoms with Crippen LogP contribution in [0.5, 0.6) is 17.2 Å². The predicted molar refractivity (Wildman–Crippen MR) is 103 cm³/mol. The fourth-order valence-electron chi connectivity index (χ4n) is 2.44. The largest absolute Gasteiger partial charge is 0.496 e. The van der Waals surface area contributed by atoms with Gasteiger partial charge in [-0.15, -0.1) is 0 Å². The van der Waals surface area contributed by atoms with Crippen LogP contribution in [0.1, 0.15) is 17.3 Å². The summed E-state index contributed by atoms with van der Waals surface area (Å²) in [5.41, 5.74) is -0.259. The van der Waals surface area contributed by atoms with Crippen molar-refractivity contribution in [2.45, 2.75) is 13.0 Å². The minimum Gasteiger partial charge on any atom is -0.496 e. The monoisotopic (exact) mass is 404 g/mol. The first-order valence-electron chi connectivity index (χ1n) is 8.37. The third-order valence-corrected chi connectivity index (χ3v) is 3.94. The van der Waals surface area contributed by atoms with Crippen molar-refractivity contribution in [2.75, 3.05) is 26.6 Å². The lowest BCUT2D eigenvalue weighted by Gasteiger charge is -2.16. The van der Waals surface area contributed by atoms with Gasteiger partial charge < -0.3 is 24.3 Å². The number of nitrogens with zero attached hydrogens (tertiary/aromatic N) is 1.